The molecule has 6 nitrogen and oxygen atoms in total. The van der Waals surface area contributed by atoms with Gasteiger partial charge in [-0.15, -0.1) is 11.3 Å². The van der Waals surface area contributed by atoms with Gasteiger partial charge in [-0.05, 0) is 39.8 Å². The standard InChI is InChI=1S/C16H21N3O3S/c1-10(2)17-15(20)12-9-23-14(18-12)8-19(11(3)4)16(21)13-6-5-7-22-13/h5-7,9-11H,8H2,1-4H3,(H,17,20). The van der Waals surface area contributed by atoms with Gasteiger partial charge in [-0.3, -0.25) is 9.59 Å². The van der Waals surface area contributed by atoms with Crippen LogP contribution in [0.1, 0.15) is 53.7 Å². The largest absolute Gasteiger partial charge is 0.459 e. The Morgan fingerprint density at radius 1 is 1.35 bits per heavy atom. The Morgan fingerprint density at radius 3 is 2.65 bits per heavy atom. The number of amides is 2. The van der Waals surface area contributed by atoms with Crippen LogP contribution in [0.15, 0.2) is 28.2 Å². The normalized spacial score (nSPS) is 11.0. The monoisotopic (exact) mass is 335 g/mol. The predicted octanol–water partition coefficient (Wildman–Crippen LogP) is 2.93. The van der Waals surface area contributed by atoms with Gasteiger partial charge in [0.1, 0.15) is 10.7 Å². The van der Waals surface area contributed by atoms with Crippen LogP contribution in [0.5, 0.6) is 0 Å². The lowest BCUT2D eigenvalue weighted by Gasteiger charge is -2.24. The maximum Gasteiger partial charge on any atom is 0.290 e. The first-order valence-corrected chi connectivity index (χ1v) is 8.36. The van der Waals surface area contributed by atoms with E-state index >= 15 is 0 Å². The molecule has 2 rings (SSSR count). The van der Waals surface area contributed by atoms with Crippen LogP contribution in [-0.4, -0.2) is 33.8 Å². The van der Waals surface area contributed by atoms with Crippen molar-refractivity contribution in [3.05, 3.63) is 40.2 Å². The van der Waals surface area contributed by atoms with Gasteiger partial charge in [0.25, 0.3) is 11.8 Å². The molecule has 1 N–H and O–H groups in total. The Balaban J connectivity index is 2.11. The molecular weight excluding hydrogens is 314 g/mol. The minimum absolute atomic E-state index is 0.00978. The highest BCUT2D eigenvalue weighted by Gasteiger charge is 2.23. The molecule has 0 aliphatic carbocycles. The summed E-state index contributed by atoms with van der Waals surface area (Å²) in [6.07, 6.45) is 1.48. The third kappa shape index (κ3) is 4.41. The molecule has 2 aromatic rings. The second-order valence-electron chi connectivity index (χ2n) is 5.76. The fraction of sp³-hybridized carbons (Fsp3) is 0.438. The molecule has 0 aliphatic heterocycles. The molecule has 23 heavy (non-hydrogen) atoms. The smallest absolute Gasteiger partial charge is 0.290 e. The average Bonchev–Trinajstić information content (AvgIpc) is 3.14. The summed E-state index contributed by atoms with van der Waals surface area (Å²) in [6, 6.07) is 3.37. The molecule has 0 fully saturated rings. The third-order valence-electron chi connectivity index (χ3n) is 3.13. The lowest BCUT2D eigenvalue weighted by atomic mass is 10.3. The number of carbonyl (C=O) groups is 2. The molecule has 2 amide bonds. The zero-order valence-corrected chi connectivity index (χ0v) is 14.5. The number of carbonyl (C=O) groups excluding carboxylic acids is 2. The van der Waals surface area contributed by atoms with Crippen LogP contribution in [0.4, 0.5) is 0 Å². The molecule has 0 aliphatic rings. The minimum Gasteiger partial charge on any atom is -0.459 e. The van der Waals surface area contributed by atoms with E-state index in [-0.39, 0.29) is 23.9 Å². The van der Waals surface area contributed by atoms with Crippen molar-refractivity contribution in [1.29, 1.82) is 0 Å². The molecular formula is C16H21N3O3S. The molecule has 2 heterocycles. The van der Waals surface area contributed by atoms with Crippen LogP contribution in [-0.2, 0) is 6.54 Å². The van der Waals surface area contributed by atoms with Crippen molar-refractivity contribution in [2.75, 3.05) is 0 Å². The van der Waals surface area contributed by atoms with E-state index in [0.29, 0.717) is 23.0 Å². The first-order chi connectivity index (χ1) is 10.9. The van der Waals surface area contributed by atoms with E-state index in [0.717, 1.165) is 0 Å². The summed E-state index contributed by atoms with van der Waals surface area (Å²) in [5.74, 6) is -0.0858. The zero-order valence-electron chi connectivity index (χ0n) is 13.7. The topological polar surface area (TPSA) is 75.4 Å². The summed E-state index contributed by atoms with van der Waals surface area (Å²) in [5, 5.41) is 5.23. The van der Waals surface area contributed by atoms with Crippen molar-refractivity contribution in [3.63, 3.8) is 0 Å². The van der Waals surface area contributed by atoms with Crippen molar-refractivity contribution in [2.45, 2.75) is 46.3 Å². The van der Waals surface area contributed by atoms with Crippen LogP contribution in [0, 0.1) is 0 Å². The fourth-order valence-electron chi connectivity index (χ4n) is 2.00. The van der Waals surface area contributed by atoms with Gasteiger partial charge in [-0.25, -0.2) is 4.98 Å². The van der Waals surface area contributed by atoms with E-state index in [9.17, 15) is 9.59 Å². The molecule has 0 atom stereocenters. The van der Waals surface area contributed by atoms with Crippen molar-refractivity contribution >= 4 is 23.2 Å². The molecule has 0 saturated heterocycles. The molecule has 0 bridgehead atoms. The Bertz CT molecular complexity index is 662. The first kappa shape index (κ1) is 17.2. The van der Waals surface area contributed by atoms with Crippen molar-refractivity contribution < 1.29 is 14.0 Å². The fourth-order valence-corrected chi connectivity index (χ4v) is 2.77. The average molecular weight is 335 g/mol. The lowest BCUT2D eigenvalue weighted by molar-refractivity contribution is 0.0657. The van der Waals surface area contributed by atoms with Crippen molar-refractivity contribution in [2.24, 2.45) is 0 Å². The van der Waals surface area contributed by atoms with Gasteiger partial charge in [0.2, 0.25) is 0 Å². The molecule has 0 saturated carbocycles. The quantitative estimate of drug-likeness (QED) is 0.880. The molecule has 124 valence electrons. The molecule has 0 spiro atoms. The van der Waals surface area contributed by atoms with Gasteiger partial charge >= 0.3 is 0 Å². The highest BCUT2D eigenvalue weighted by Crippen LogP contribution is 2.17. The minimum atomic E-state index is -0.198. The number of rotatable bonds is 6. The molecule has 0 unspecified atom stereocenters. The Hall–Kier alpha value is -2.15. The van der Waals surface area contributed by atoms with E-state index < -0.39 is 0 Å². The summed E-state index contributed by atoms with van der Waals surface area (Å²) in [4.78, 5) is 30.4. The maximum absolute atomic E-state index is 12.5. The zero-order chi connectivity index (χ0) is 17.0. The first-order valence-electron chi connectivity index (χ1n) is 7.48. The Labute approximate surface area is 139 Å². The number of hydrogen-bond acceptors (Lipinski definition) is 5. The number of hydrogen-bond donors (Lipinski definition) is 1. The molecule has 0 radical (unpaired) electrons. The van der Waals surface area contributed by atoms with Gasteiger partial charge in [-0.2, -0.15) is 0 Å². The van der Waals surface area contributed by atoms with Gasteiger partial charge in [0.15, 0.2) is 5.76 Å². The van der Waals surface area contributed by atoms with Gasteiger partial charge < -0.3 is 14.6 Å². The third-order valence-corrected chi connectivity index (χ3v) is 3.96. The summed E-state index contributed by atoms with van der Waals surface area (Å²) >= 11 is 1.37. The van der Waals surface area contributed by atoms with Crippen molar-refractivity contribution in [3.8, 4) is 0 Å². The van der Waals surface area contributed by atoms with Crippen molar-refractivity contribution in [1.82, 2.24) is 15.2 Å². The van der Waals surface area contributed by atoms with E-state index in [1.54, 1.807) is 22.4 Å². The predicted molar refractivity (Wildman–Crippen MR) is 88.4 cm³/mol. The number of nitrogens with one attached hydrogen (secondary N) is 1. The van der Waals surface area contributed by atoms with Crippen LogP contribution in [0.3, 0.4) is 0 Å². The van der Waals surface area contributed by atoms with Crippen LogP contribution >= 0.6 is 11.3 Å². The van der Waals surface area contributed by atoms with Gasteiger partial charge in [0.05, 0.1) is 12.8 Å². The van der Waals surface area contributed by atoms with Crippen LogP contribution < -0.4 is 5.32 Å². The lowest BCUT2D eigenvalue weighted by Crippen LogP contribution is -2.36. The molecule has 7 heteroatoms. The summed E-state index contributed by atoms with van der Waals surface area (Å²) < 4.78 is 5.18. The Kier molecular flexibility index (Phi) is 5.54. The highest BCUT2D eigenvalue weighted by molar-refractivity contribution is 7.09. The second-order valence-corrected chi connectivity index (χ2v) is 6.70. The van der Waals surface area contributed by atoms with Gasteiger partial charge in [0, 0.05) is 17.5 Å². The molecule has 2 aromatic heterocycles. The number of nitrogens with zero attached hydrogens (tertiary/aromatic N) is 2. The number of furan rings is 1. The summed E-state index contributed by atoms with van der Waals surface area (Å²) in [7, 11) is 0. The molecule has 0 aromatic carbocycles. The summed E-state index contributed by atoms with van der Waals surface area (Å²) in [6.45, 7) is 8.00. The van der Waals surface area contributed by atoms with Crippen LogP contribution in [0.2, 0.25) is 0 Å². The number of thiazole rings is 1. The van der Waals surface area contributed by atoms with E-state index in [1.807, 2.05) is 27.7 Å². The highest BCUT2D eigenvalue weighted by atomic mass is 32.1. The second kappa shape index (κ2) is 7.41. The van der Waals surface area contributed by atoms with Crippen LogP contribution in [0.25, 0.3) is 0 Å². The van der Waals surface area contributed by atoms with E-state index in [2.05, 4.69) is 10.3 Å². The number of aromatic nitrogens is 1. The summed E-state index contributed by atoms with van der Waals surface area (Å²) in [5.41, 5.74) is 0.382. The van der Waals surface area contributed by atoms with E-state index in [1.165, 1.54) is 17.6 Å². The van der Waals surface area contributed by atoms with E-state index in [4.69, 9.17) is 4.42 Å². The maximum atomic E-state index is 12.5. The van der Waals surface area contributed by atoms with Gasteiger partial charge in [-0.1, -0.05) is 0 Å². The SMILES string of the molecule is CC(C)NC(=O)c1csc(CN(C(=O)c2ccco2)C(C)C)n1. The Morgan fingerprint density at radius 2 is 2.09 bits per heavy atom.